The van der Waals surface area contributed by atoms with Gasteiger partial charge < -0.3 is 14.4 Å². The summed E-state index contributed by atoms with van der Waals surface area (Å²) in [5, 5.41) is 0. The van der Waals surface area contributed by atoms with Crippen molar-refractivity contribution in [1.82, 2.24) is 9.97 Å². The van der Waals surface area contributed by atoms with Crippen LogP contribution in [0, 0.1) is 5.41 Å². The second-order valence-electron chi connectivity index (χ2n) is 7.38. The summed E-state index contributed by atoms with van der Waals surface area (Å²) in [6, 6.07) is 7.49. The average molecular weight is 407 g/mol. The predicted octanol–water partition coefficient (Wildman–Crippen LogP) is 4.12. The SMILES string of the molecule is O=C1N(c2ccc(OC(F)(F)F)cc2)CCC12CCC(Oc1ncccn1)CC2. The van der Waals surface area contributed by atoms with Crippen molar-refractivity contribution < 1.29 is 27.4 Å². The molecule has 29 heavy (non-hydrogen) atoms. The Morgan fingerprint density at radius 2 is 1.69 bits per heavy atom. The number of alkyl halides is 3. The molecule has 1 aliphatic heterocycles. The number of hydrogen-bond acceptors (Lipinski definition) is 5. The number of halogens is 3. The van der Waals surface area contributed by atoms with E-state index in [1.807, 2.05) is 0 Å². The van der Waals surface area contributed by atoms with Crippen LogP contribution in [0.1, 0.15) is 32.1 Å². The molecular formula is C20H20F3N3O3. The summed E-state index contributed by atoms with van der Waals surface area (Å²) in [7, 11) is 0. The summed E-state index contributed by atoms with van der Waals surface area (Å²) in [5.41, 5.74) is 0.149. The number of nitrogens with zero attached hydrogens (tertiary/aromatic N) is 3. The molecule has 6 nitrogen and oxygen atoms in total. The Labute approximate surface area is 165 Å². The van der Waals surface area contributed by atoms with E-state index in [9.17, 15) is 18.0 Å². The van der Waals surface area contributed by atoms with Crippen LogP contribution in [0.4, 0.5) is 18.9 Å². The molecule has 1 spiro atoms. The lowest BCUT2D eigenvalue weighted by atomic mass is 9.72. The molecule has 0 radical (unpaired) electrons. The molecule has 1 saturated carbocycles. The number of anilines is 1. The number of ether oxygens (including phenoxy) is 2. The maximum atomic E-state index is 13.1. The van der Waals surface area contributed by atoms with Gasteiger partial charge in [-0.05, 0) is 62.4 Å². The number of carbonyl (C=O) groups is 1. The van der Waals surface area contributed by atoms with Gasteiger partial charge in [-0.3, -0.25) is 4.79 Å². The molecule has 0 unspecified atom stereocenters. The normalized spacial score (nSPS) is 24.7. The Kier molecular flexibility index (Phi) is 5.06. The second-order valence-corrected chi connectivity index (χ2v) is 7.38. The summed E-state index contributed by atoms with van der Waals surface area (Å²) in [4.78, 5) is 22.9. The van der Waals surface area contributed by atoms with Gasteiger partial charge in [0.15, 0.2) is 0 Å². The molecular weight excluding hydrogens is 387 g/mol. The molecule has 1 amide bonds. The molecule has 154 valence electrons. The standard InChI is InChI=1S/C20H20F3N3O3/c21-20(22,23)29-16-4-2-14(3-5-16)26-13-10-19(17(26)27)8-6-15(7-9-19)28-18-24-11-1-12-25-18/h1-5,11-12,15H,6-10,13H2. The Balaban J connectivity index is 1.38. The largest absolute Gasteiger partial charge is 0.573 e. The van der Waals surface area contributed by atoms with Crippen LogP contribution in [0.3, 0.4) is 0 Å². The lowest BCUT2D eigenvalue weighted by Gasteiger charge is -2.35. The second kappa shape index (κ2) is 7.53. The molecule has 9 heteroatoms. The minimum atomic E-state index is -4.74. The summed E-state index contributed by atoms with van der Waals surface area (Å²) >= 11 is 0. The van der Waals surface area contributed by atoms with E-state index in [1.54, 1.807) is 23.4 Å². The van der Waals surface area contributed by atoms with E-state index in [1.165, 1.54) is 24.3 Å². The van der Waals surface area contributed by atoms with Crippen molar-refractivity contribution in [3.05, 3.63) is 42.7 Å². The van der Waals surface area contributed by atoms with Gasteiger partial charge in [0.2, 0.25) is 5.91 Å². The summed E-state index contributed by atoms with van der Waals surface area (Å²) < 4.78 is 46.6. The third-order valence-electron chi connectivity index (χ3n) is 5.60. The molecule has 1 aromatic heterocycles. The summed E-state index contributed by atoms with van der Waals surface area (Å²) in [5.74, 6) is -0.278. The van der Waals surface area contributed by atoms with Crippen LogP contribution in [-0.2, 0) is 4.79 Å². The van der Waals surface area contributed by atoms with E-state index < -0.39 is 11.8 Å². The monoisotopic (exact) mass is 407 g/mol. The highest BCUT2D eigenvalue weighted by Gasteiger charge is 2.49. The fraction of sp³-hybridized carbons (Fsp3) is 0.450. The molecule has 2 aromatic rings. The first-order valence-electron chi connectivity index (χ1n) is 9.46. The highest BCUT2D eigenvalue weighted by molar-refractivity contribution is 6.00. The van der Waals surface area contributed by atoms with Gasteiger partial charge >= 0.3 is 12.4 Å². The molecule has 2 aliphatic rings. The van der Waals surface area contributed by atoms with E-state index >= 15 is 0 Å². The molecule has 2 heterocycles. The fourth-order valence-corrected chi connectivity index (χ4v) is 4.12. The smallest absolute Gasteiger partial charge is 0.460 e. The van der Waals surface area contributed by atoms with E-state index in [2.05, 4.69) is 14.7 Å². The first kappa shape index (κ1) is 19.5. The maximum absolute atomic E-state index is 13.1. The van der Waals surface area contributed by atoms with Crippen molar-refractivity contribution in [2.45, 2.75) is 44.6 Å². The highest BCUT2D eigenvalue weighted by Crippen LogP contribution is 2.46. The average Bonchev–Trinajstić information content (AvgIpc) is 3.00. The van der Waals surface area contributed by atoms with Crippen molar-refractivity contribution in [3.8, 4) is 11.8 Å². The van der Waals surface area contributed by atoms with Gasteiger partial charge in [0.25, 0.3) is 0 Å². The number of carbonyl (C=O) groups excluding carboxylic acids is 1. The molecule has 2 fully saturated rings. The minimum Gasteiger partial charge on any atom is -0.460 e. The first-order chi connectivity index (χ1) is 13.8. The van der Waals surface area contributed by atoms with Crippen LogP contribution in [0.5, 0.6) is 11.8 Å². The molecule has 1 aliphatic carbocycles. The van der Waals surface area contributed by atoms with E-state index in [0.29, 0.717) is 31.1 Å². The molecule has 4 rings (SSSR count). The molecule has 0 atom stereocenters. The minimum absolute atomic E-state index is 0.0244. The summed E-state index contributed by atoms with van der Waals surface area (Å²) in [6.45, 7) is 0.547. The fourth-order valence-electron chi connectivity index (χ4n) is 4.12. The zero-order chi connectivity index (χ0) is 20.5. The highest BCUT2D eigenvalue weighted by atomic mass is 19.4. The number of amides is 1. The first-order valence-corrected chi connectivity index (χ1v) is 9.46. The Morgan fingerprint density at radius 1 is 1.03 bits per heavy atom. The summed E-state index contributed by atoms with van der Waals surface area (Å²) in [6.07, 6.45) is 2.08. The molecule has 0 N–H and O–H groups in total. The van der Waals surface area contributed by atoms with E-state index in [-0.39, 0.29) is 17.8 Å². The third-order valence-corrected chi connectivity index (χ3v) is 5.60. The van der Waals surface area contributed by atoms with Gasteiger partial charge in [0.1, 0.15) is 11.9 Å². The number of aromatic nitrogens is 2. The van der Waals surface area contributed by atoms with Crippen LogP contribution >= 0.6 is 0 Å². The topological polar surface area (TPSA) is 64.6 Å². The molecule has 0 bridgehead atoms. The third kappa shape index (κ3) is 4.28. The van der Waals surface area contributed by atoms with Gasteiger partial charge in [0, 0.05) is 24.6 Å². The van der Waals surface area contributed by atoms with Gasteiger partial charge in [-0.25, -0.2) is 9.97 Å². The van der Waals surface area contributed by atoms with Crippen LogP contribution in [0.25, 0.3) is 0 Å². The Hall–Kier alpha value is -2.84. The number of rotatable bonds is 4. The van der Waals surface area contributed by atoms with Crippen molar-refractivity contribution in [3.63, 3.8) is 0 Å². The van der Waals surface area contributed by atoms with Crippen LogP contribution < -0.4 is 14.4 Å². The number of benzene rings is 1. The predicted molar refractivity (Wildman–Crippen MR) is 97.4 cm³/mol. The number of hydrogen-bond donors (Lipinski definition) is 0. The Bertz CT molecular complexity index is 851. The quantitative estimate of drug-likeness (QED) is 0.763. The van der Waals surface area contributed by atoms with Crippen molar-refractivity contribution in [1.29, 1.82) is 0 Å². The van der Waals surface area contributed by atoms with Crippen LogP contribution in [-0.4, -0.2) is 34.9 Å². The van der Waals surface area contributed by atoms with E-state index in [4.69, 9.17) is 4.74 Å². The zero-order valence-corrected chi connectivity index (χ0v) is 15.6. The zero-order valence-electron chi connectivity index (χ0n) is 15.6. The van der Waals surface area contributed by atoms with Gasteiger partial charge in [-0.1, -0.05) is 0 Å². The lowest BCUT2D eigenvalue weighted by molar-refractivity contribution is -0.274. The van der Waals surface area contributed by atoms with Gasteiger partial charge in [-0.2, -0.15) is 0 Å². The van der Waals surface area contributed by atoms with Crippen molar-refractivity contribution in [2.24, 2.45) is 5.41 Å². The van der Waals surface area contributed by atoms with Crippen LogP contribution in [0.15, 0.2) is 42.7 Å². The van der Waals surface area contributed by atoms with Crippen molar-refractivity contribution >= 4 is 11.6 Å². The van der Waals surface area contributed by atoms with E-state index in [0.717, 1.165) is 19.3 Å². The van der Waals surface area contributed by atoms with Crippen molar-refractivity contribution in [2.75, 3.05) is 11.4 Å². The molecule has 1 saturated heterocycles. The Morgan fingerprint density at radius 3 is 2.31 bits per heavy atom. The maximum Gasteiger partial charge on any atom is 0.573 e. The lowest BCUT2D eigenvalue weighted by Crippen LogP contribution is -2.39. The van der Waals surface area contributed by atoms with Crippen LogP contribution in [0.2, 0.25) is 0 Å². The molecule has 1 aromatic carbocycles. The van der Waals surface area contributed by atoms with Gasteiger partial charge in [-0.15, -0.1) is 13.2 Å². The van der Waals surface area contributed by atoms with Gasteiger partial charge in [0.05, 0.1) is 5.41 Å².